The molecule has 0 saturated carbocycles. The zero-order valence-corrected chi connectivity index (χ0v) is 13.3. The summed E-state index contributed by atoms with van der Waals surface area (Å²) in [6, 6.07) is 8.04. The molecule has 0 bridgehead atoms. The van der Waals surface area contributed by atoms with E-state index in [-0.39, 0.29) is 12.5 Å². The third-order valence-electron chi connectivity index (χ3n) is 3.77. The monoisotopic (exact) mass is 322 g/mol. The Morgan fingerprint density at radius 2 is 2.33 bits per heavy atom. The van der Waals surface area contributed by atoms with Gasteiger partial charge in [-0.15, -0.1) is 11.3 Å². The summed E-state index contributed by atoms with van der Waals surface area (Å²) in [5.41, 5.74) is 1.00. The van der Waals surface area contributed by atoms with Crippen LogP contribution in [0.4, 0.5) is 0 Å². The lowest BCUT2D eigenvalue weighted by molar-refractivity contribution is -0.127. The Morgan fingerprint density at radius 3 is 3.14 bits per heavy atom. The number of aliphatic hydroxyl groups excluding tert-OH is 1. The maximum Gasteiger partial charge on any atom is 0.233 e. The van der Waals surface area contributed by atoms with Crippen LogP contribution in [0.3, 0.4) is 0 Å². The van der Waals surface area contributed by atoms with Crippen molar-refractivity contribution in [1.82, 2.24) is 9.88 Å². The van der Waals surface area contributed by atoms with Crippen molar-refractivity contribution < 1.29 is 9.90 Å². The number of carbonyl (C=O) groups is 1. The van der Waals surface area contributed by atoms with Crippen LogP contribution in [0.2, 0.25) is 0 Å². The lowest BCUT2D eigenvalue weighted by atomic mass is 10.1. The third kappa shape index (κ3) is 3.56. The summed E-state index contributed by atoms with van der Waals surface area (Å²) in [5, 5.41) is 8.96. The highest BCUT2D eigenvalue weighted by Crippen LogP contribution is 2.30. The number of carbonyl (C=O) groups excluding carboxylic acids is 1. The van der Waals surface area contributed by atoms with E-state index < -0.39 is 0 Å². The maximum atomic E-state index is 12.2. The van der Waals surface area contributed by atoms with Crippen molar-refractivity contribution in [3.05, 3.63) is 24.3 Å². The largest absolute Gasteiger partial charge is 0.396 e. The number of benzene rings is 1. The smallest absolute Gasteiger partial charge is 0.233 e. The number of hydrogen-bond acceptors (Lipinski definition) is 5. The van der Waals surface area contributed by atoms with Gasteiger partial charge < -0.3 is 10.0 Å². The van der Waals surface area contributed by atoms with Crippen molar-refractivity contribution in [3.8, 4) is 0 Å². The van der Waals surface area contributed by atoms with Gasteiger partial charge in [0.1, 0.15) is 0 Å². The van der Waals surface area contributed by atoms with E-state index in [9.17, 15) is 4.79 Å². The molecule has 0 aliphatic carbocycles. The van der Waals surface area contributed by atoms with Gasteiger partial charge in [-0.2, -0.15) is 0 Å². The van der Waals surface area contributed by atoms with Crippen LogP contribution >= 0.6 is 23.1 Å². The molecular formula is C15H18N2O2S2. The first-order valence-electron chi connectivity index (χ1n) is 7.13. The number of hydrogen-bond donors (Lipinski definition) is 1. The Kier molecular flexibility index (Phi) is 4.77. The molecule has 6 heteroatoms. The van der Waals surface area contributed by atoms with E-state index in [2.05, 4.69) is 11.1 Å². The number of amides is 1. The summed E-state index contributed by atoms with van der Waals surface area (Å²) in [4.78, 5) is 18.7. The lowest BCUT2D eigenvalue weighted by Gasteiger charge is -2.15. The van der Waals surface area contributed by atoms with Crippen molar-refractivity contribution in [2.24, 2.45) is 5.92 Å². The molecule has 2 heterocycles. The minimum absolute atomic E-state index is 0.180. The van der Waals surface area contributed by atoms with Crippen molar-refractivity contribution in [1.29, 1.82) is 0 Å². The highest BCUT2D eigenvalue weighted by molar-refractivity contribution is 8.01. The van der Waals surface area contributed by atoms with E-state index in [1.54, 1.807) is 11.3 Å². The molecule has 112 valence electrons. The first-order chi connectivity index (χ1) is 10.3. The van der Waals surface area contributed by atoms with Gasteiger partial charge in [0.25, 0.3) is 0 Å². The predicted octanol–water partition coefficient (Wildman–Crippen LogP) is 2.62. The standard InChI is InChI=1S/C15H18N2O2S2/c18-8-6-11-5-7-17(9-11)14(19)10-20-15-16-12-3-1-2-4-13(12)21-15/h1-4,11,18H,5-10H2. The summed E-state index contributed by atoms with van der Waals surface area (Å²) < 4.78 is 2.12. The zero-order valence-electron chi connectivity index (χ0n) is 11.7. The molecule has 1 aromatic heterocycles. The number of likely N-dealkylation sites (tertiary alicyclic amines) is 1. The number of para-hydroxylation sites is 1. The minimum Gasteiger partial charge on any atom is -0.396 e. The number of aliphatic hydroxyl groups is 1. The van der Waals surface area contributed by atoms with Crippen LogP contribution in [0.1, 0.15) is 12.8 Å². The number of fused-ring (bicyclic) bond motifs is 1. The molecule has 1 saturated heterocycles. The predicted molar refractivity (Wildman–Crippen MR) is 86.7 cm³/mol. The van der Waals surface area contributed by atoms with Gasteiger partial charge >= 0.3 is 0 Å². The molecule has 1 aliphatic heterocycles. The van der Waals surface area contributed by atoms with Gasteiger partial charge in [-0.1, -0.05) is 23.9 Å². The Labute approximate surface area is 132 Å². The third-order valence-corrected chi connectivity index (χ3v) is 5.93. The van der Waals surface area contributed by atoms with E-state index in [1.165, 1.54) is 11.8 Å². The van der Waals surface area contributed by atoms with Gasteiger partial charge in [-0.25, -0.2) is 4.98 Å². The SMILES string of the molecule is O=C(CSc1nc2ccccc2s1)N1CCC(CCO)C1. The summed E-state index contributed by atoms with van der Waals surface area (Å²) in [5.74, 6) is 1.09. The molecule has 1 amide bonds. The molecule has 0 spiro atoms. The molecule has 2 aromatic rings. The summed E-state index contributed by atoms with van der Waals surface area (Å²) in [6.07, 6.45) is 1.81. The van der Waals surface area contributed by atoms with Crippen molar-refractivity contribution in [2.45, 2.75) is 17.2 Å². The van der Waals surface area contributed by atoms with Crippen molar-refractivity contribution >= 4 is 39.2 Å². The summed E-state index contributed by atoms with van der Waals surface area (Å²) in [7, 11) is 0. The molecule has 1 aromatic carbocycles. The molecule has 1 aliphatic rings. The number of thiazole rings is 1. The number of aromatic nitrogens is 1. The number of nitrogens with zero attached hydrogens (tertiary/aromatic N) is 2. The molecule has 0 radical (unpaired) electrons. The van der Waals surface area contributed by atoms with Crippen LogP contribution in [-0.2, 0) is 4.79 Å². The highest BCUT2D eigenvalue weighted by atomic mass is 32.2. The first-order valence-corrected chi connectivity index (χ1v) is 8.93. The summed E-state index contributed by atoms with van der Waals surface area (Å²) in [6.45, 7) is 1.83. The quantitative estimate of drug-likeness (QED) is 0.860. The molecule has 1 fully saturated rings. The summed E-state index contributed by atoms with van der Waals surface area (Å²) >= 11 is 3.16. The molecule has 1 unspecified atom stereocenters. The molecule has 4 nitrogen and oxygen atoms in total. The topological polar surface area (TPSA) is 53.4 Å². The Balaban J connectivity index is 1.54. The fourth-order valence-corrected chi connectivity index (χ4v) is 4.58. The minimum atomic E-state index is 0.180. The maximum absolute atomic E-state index is 12.2. The number of thioether (sulfide) groups is 1. The Hall–Kier alpha value is -1.11. The Bertz CT molecular complexity index is 596. The first kappa shape index (κ1) is 14.8. The lowest BCUT2D eigenvalue weighted by Crippen LogP contribution is -2.30. The van der Waals surface area contributed by atoms with Crippen LogP contribution in [0.5, 0.6) is 0 Å². The van der Waals surface area contributed by atoms with Gasteiger partial charge in [0, 0.05) is 19.7 Å². The number of rotatable bonds is 5. The molecular weight excluding hydrogens is 304 g/mol. The molecule has 3 rings (SSSR count). The van der Waals surface area contributed by atoms with E-state index in [4.69, 9.17) is 5.11 Å². The van der Waals surface area contributed by atoms with Crippen LogP contribution in [0, 0.1) is 5.92 Å². The second-order valence-corrected chi connectivity index (χ2v) is 7.50. The van der Waals surface area contributed by atoms with E-state index in [0.29, 0.717) is 11.7 Å². The van der Waals surface area contributed by atoms with Gasteiger partial charge in [0.2, 0.25) is 5.91 Å². The van der Waals surface area contributed by atoms with E-state index in [0.717, 1.165) is 40.5 Å². The van der Waals surface area contributed by atoms with Crippen molar-refractivity contribution in [2.75, 3.05) is 25.4 Å². The molecule has 1 atom stereocenters. The Morgan fingerprint density at radius 1 is 1.48 bits per heavy atom. The average Bonchev–Trinajstić information content (AvgIpc) is 3.11. The van der Waals surface area contributed by atoms with Gasteiger partial charge in [0.05, 0.1) is 16.0 Å². The second kappa shape index (κ2) is 6.77. The second-order valence-electron chi connectivity index (χ2n) is 5.24. The molecule has 21 heavy (non-hydrogen) atoms. The van der Waals surface area contributed by atoms with Crippen LogP contribution in [0.25, 0.3) is 10.2 Å². The normalized spacial score (nSPS) is 18.5. The van der Waals surface area contributed by atoms with E-state index >= 15 is 0 Å². The van der Waals surface area contributed by atoms with Crippen LogP contribution < -0.4 is 0 Å². The zero-order chi connectivity index (χ0) is 14.7. The van der Waals surface area contributed by atoms with Gasteiger partial charge in [-0.3, -0.25) is 4.79 Å². The molecule has 1 N–H and O–H groups in total. The van der Waals surface area contributed by atoms with Gasteiger partial charge in [0.15, 0.2) is 4.34 Å². The van der Waals surface area contributed by atoms with Gasteiger partial charge in [-0.05, 0) is 30.9 Å². The van der Waals surface area contributed by atoms with Crippen LogP contribution in [0.15, 0.2) is 28.6 Å². The highest BCUT2D eigenvalue weighted by Gasteiger charge is 2.25. The van der Waals surface area contributed by atoms with E-state index in [1.807, 2.05) is 23.1 Å². The average molecular weight is 322 g/mol. The van der Waals surface area contributed by atoms with Crippen LogP contribution in [-0.4, -0.2) is 46.3 Å². The van der Waals surface area contributed by atoms with Crippen molar-refractivity contribution in [3.63, 3.8) is 0 Å². The fourth-order valence-electron chi connectivity index (χ4n) is 2.60. The fraction of sp³-hybridized carbons (Fsp3) is 0.467.